The number of hydrogen-bond donors (Lipinski definition) is 3. The van der Waals surface area contributed by atoms with Gasteiger partial charge in [0.15, 0.2) is 0 Å². The van der Waals surface area contributed by atoms with Crippen molar-refractivity contribution in [1.29, 1.82) is 0 Å². The van der Waals surface area contributed by atoms with E-state index in [1.807, 2.05) is 13.8 Å². The molecule has 20 heavy (non-hydrogen) atoms. The van der Waals surface area contributed by atoms with Crippen LogP contribution in [0.5, 0.6) is 0 Å². The first-order chi connectivity index (χ1) is 9.60. The summed E-state index contributed by atoms with van der Waals surface area (Å²) in [6, 6.07) is -0.129. The van der Waals surface area contributed by atoms with Crippen LogP contribution >= 0.6 is 0 Å². The maximum atomic E-state index is 11.9. The topological polar surface area (TPSA) is 69.8 Å². The van der Waals surface area contributed by atoms with Crippen LogP contribution in [0.15, 0.2) is 0 Å². The fourth-order valence-corrected chi connectivity index (χ4v) is 2.97. The zero-order valence-corrected chi connectivity index (χ0v) is 12.8. The first kappa shape index (κ1) is 14.9. The van der Waals surface area contributed by atoms with Gasteiger partial charge in [0, 0.05) is 6.54 Å². The van der Waals surface area contributed by atoms with Crippen LogP contribution in [-0.2, 0) is 0 Å². The van der Waals surface area contributed by atoms with Gasteiger partial charge in [-0.15, -0.1) is 0 Å². The molecular formula is C15H26N4O. The molecule has 0 aliphatic heterocycles. The van der Waals surface area contributed by atoms with Gasteiger partial charge in [0.05, 0.1) is 17.1 Å². The number of carbonyl (C=O) groups excluding carboxylic acids is 1. The highest BCUT2D eigenvalue weighted by Crippen LogP contribution is 2.30. The Morgan fingerprint density at radius 2 is 1.90 bits per heavy atom. The van der Waals surface area contributed by atoms with Gasteiger partial charge in [0.25, 0.3) is 0 Å². The molecule has 1 aliphatic carbocycles. The van der Waals surface area contributed by atoms with Crippen molar-refractivity contribution in [3.63, 3.8) is 0 Å². The van der Waals surface area contributed by atoms with Gasteiger partial charge in [-0.25, -0.2) is 4.79 Å². The van der Waals surface area contributed by atoms with Crippen LogP contribution < -0.4 is 10.6 Å². The van der Waals surface area contributed by atoms with Gasteiger partial charge in [0.2, 0.25) is 0 Å². The fourth-order valence-electron chi connectivity index (χ4n) is 2.97. The van der Waals surface area contributed by atoms with Crippen molar-refractivity contribution < 1.29 is 4.79 Å². The number of nitrogens with one attached hydrogen (secondary N) is 3. The molecule has 1 aromatic heterocycles. The molecule has 3 N–H and O–H groups in total. The Morgan fingerprint density at radius 3 is 2.45 bits per heavy atom. The average Bonchev–Trinajstić information content (AvgIpc) is 2.77. The number of carbonyl (C=O) groups is 1. The highest BCUT2D eigenvalue weighted by molar-refractivity contribution is 5.90. The van der Waals surface area contributed by atoms with E-state index < -0.39 is 0 Å². The Labute approximate surface area is 120 Å². The van der Waals surface area contributed by atoms with Crippen LogP contribution in [0.25, 0.3) is 0 Å². The molecule has 0 bridgehead atoms. The number of aromatic amines is 1. The lowest BCUT2D eigenvalue weighted by Gasteiger charge is -2.27. The zero-order valence-electron chi connectivity index (χ0n) is 12.8. The van der Waals surface area contributed by atoms with E-state index in [1.165, 1.54) is 32.1 Å². The molecule has 0 radical (unpaired) electrons. The second-order valence-electron chi connectivity index (χ2n) is 5.94. The Bertz CT molecular complexity index is 427. The van der Waals surface area contributed by atoms with E-state index in [-0.39, 0.29) is 6.03 Å². The van der Waals surface area contributed by atoms with E-state index in [4.69, 9.17) is 0 Å². The van der Waals surface area contributed by atoms with Gasteiger partial charge in [-0.1, -0.05) is 26.2 Å². The SMILES string of the molecule is CCC1CCC(CNC(=O)Nc2c(C)n[nH]c2C)CC1. The predicted octanol–water partition coefficient (Wildman–Crippen LogP) is 3.36. The summed E-state index contributed by atoms with van der Waals surface area (Å²) >= 11 is 0. The van der Waals surface area contributed by atoms with Crippen LogP contribution in [0, 0.1) is 25.7 Å². The number of nitrogens with zero attached hydrogens (tertiary/aromatic N) is 1. The second kappa shape index (κ2) is 6.77. The summed E-state index contributed by atoms with van der Waals surface area (Å²) in [6.07, 6.45) is 6.39. The molecule has 0 atom stereocenters. The summed E-state index contributed by atoms with van der Waals surface area (Å²) in [6.45, 7) is 6.83. The predicted molar refractivity (Wildman–Crippen MR) is 80.8 cm³/mol. The standard InChI is InChI=1S/C15H26N4O/c1-4-12-5-7-13(8-6-12)9-16-15(20)17-14-10(2)18-19-11(14)3/h12-13H,4-9H2,1-3H3,(H,18,19)(H2,16,17,20). The van der Waals surface area contributed by atoms with Gasteiger partial charge >= 0.3 is 6.03 Å². The summed E-state index contributed by atoms with van der Waals surface area (Å²) in [5, 5.41) is 12.8. The van der Waals surface area contributed by atoms with Crippen molar-refractivity contribution in [1.82, 2.24) is 15.5 Å². The molecule has 1 fully saturated rings. The maximum Gasteiger partial charge on any atom is 0.319 e. The molecule has 2 rings (SSSR count). The minimum atomic E-state index is -0.129. The summed E-state index contributed by atoms with van der Waals surface area (Å²) < 4.78 is 0. The number of aromatic nitrogens is 2. The van der Waals surface area contributed by atoms with Crippen LogP contribution in [0.1, 0.15) is 50.4 Å². The van der Waals surface area contributed by atoms with E-state index in [0.29, 0.717) is 5.92 Å². The third kappa shape index (κ3) is 3.74. The summed E-state index contributed by atoms with van der Waals surface area (Å²) in [7, 11) is 0. The molecule has 0 aromatic carbocycles. The quantitative estimate of drug-likeness (QED) is 0.790. The number of hydrogen-bond acceptors (Lipinski definition) is 2. The average molecular weight is 278 g/mol. The third-order valence-corrected chi connectivity index (χ3v) is 4.46. The van der Waals surface area contributed by atoms with E-state index in [9.17, 15) is 4.79 Å². The number of amides is 2. The van der Waals surface area contributed by atoms with Crippen molar-refractivity contribution in [3.8, 4) is 0 Å². The maximum absolute atomic E-state index is 11.9. The highest BCUT2D eigenvalue weighted by Gasteiger charge is 2.20. The molecule has 2 amide bonds. The van der Waals surface area contributed by atoms with Gasteiger partial charge < -0.3 is 10.6 Å². The summed E-state index contributed by atoms with van der Waals surface area (Å²) in [5.41, 5.74) is 2.50. The molecule has 5 nitrogen and oxygen atoms in total. The number of H-pyrrole nitrogens is 1. The number of rotatable bonds is 4. The minimum Gasteiger partial charge on any atom is -0.338 e. The van der Waals surface area contributed by atoms with Crippen molar-refractivity contribution in [2.75, 3.05) is 11.9 Å². The van der Waals surface area contributed by atoms with Crippen molar-refractivity contribution in [3.05, 3.63) is 11.4 Å². The molecule has 0 saturated heterocycles. The second-order valence-corrected chi connectivity index (χ2v) is 5.94. The van der Waals surface area contributed by atoms with Gasteiger partial charge in [-0.05, 0) is 38.5 Å². The largest absolute Gasteiger partial charge is 0.338 e. The first-order valence-corrected chi connectivity index (χ1v) is 7.66. The number of urea groups is 1. The van der Waals surface area contributed by atoms with Crippen LogP contribution in [-0.4, -0.2) is 22.8 Å². The van der Waals surface area contributed by atoms with Gasteiger partial charge in [-0.3, -0.25) is 5.10 Å². The molecule has 0 spiro atoms. The van der Waals surface area contributed by atoms with Crippen molar-refractivity contribution >= 4 is 11.7 Å². The molecule has 1 aliphatic rings. The van der Waals surface area contributed by atoms with Crippen LogP contribution in [0.2, 0.25) is 0 Å². The van der Waals surface area contributed by atoms with Gasteiger partial charge in [0.1, 0.15) is 0 Å². The number of aryl methyl sites for hydroxylation is 2. The molecule has 1 aromatic rings. The lowest BCUT2D eigenvalue weighted by Crippen LogP contribution is -2.34. The lowest BCUT2D eigenvalue weighted by molar-refractivity contribution is 0.239. The fraction of sp³-hybridized carbons (Fsp3) is 0.733. The van der Waals surface area contributed by atoms with E-state index in [1.54, 1.807) is 0 Å². The summed E-state index contributed by atoms with van der Waals surface area (Å²) in [5.74, 6) is 1.53. The third-order valence-electron chi connectivity index (χ3n) is 4.46. The van der Waals surface area contributed by atoms with Crippen molar-refractivity contribution in [2.45, 2.75) is 52.9 Å². The number of anilines is 1. The molecule has 112 valence electrons. The van der Waals surface area contributed by atoms with E-state index in [0.717, 1.165) is 29.5 Å². The molecular weight excluding hydrogens is 252 g/mol. The summed E-state index contributed by atoms with van der Waals surface area (Å²) in [4.78, 5) is 11.9. The van der Waals surface area contributed by atoms with Crippen LogP contribution in [0.4, 0.5) is 10.5 Å². The van der Waals surface area contributed by atoms with E-state index >= 15 is 0 Å². The Balaban J connectivity index is 1.73. The van der Waals surface area contributed by atoms with E-state index in [2.05, 4.69) is 27.8 Å². The normalized spacial score (nSPS) is 22.6. The molecule has 1 saturated carbocycles. The molecule has 5 heteroatoms. The lowest BCUT2D eigenvalue weighted by atomic mass is 9.81. The van der Waals surface area contributed by atoms with Crippen molar-refractivity contribution in [2.24, 2.45) is 11.8 Å². The monoisotopic (exact) mass is 278 g/mol. The Kier molecular flexibility index (Phi) is 5.04. The highest BCUT2D eigenvalue weighted by atomic mass is 16.2. The first-order valence-electron chi connectivity index (χ1n) is 7.66. The van der Waals surface area contributed by atoms with Gasteiger partial charge in [-0.2, -0.15) is 5.10 Å². The Morgan fingerprint density at radius 1 is 1.25 bits per heavy atom. The molecule has 0 unspecified atom stereocenters. The Hall–Kier alpha value is -1.52. The van der Waals surface area contributed by atoms with Crippen LogP contribution in [0.3, 0.4) is 0 Å². The minimum absolute atomic E-state index is 0.129. The smallest absolute Gasteiger partial charge is 0.319 e. The zero-order chi connectivity index (χ0) is 14.5. The molecule has 1 heterocycles.